The second-order valence-corrected chi connectivity index (χ2v) is 10.2. The van der Waals surface area contributed by atoms with Gasteiger partial charge in [-0.15, -0.1) is 0 Å². The molecular formula is C29H30F3N3O4. The van der Waals surface area contributed by atoms with Gasteiger partial charge in [-0.3, -0.25) is 19.9 Å². The van der Waals surface area contributed by atoms with Crippen LogP contribution in [0, 0.1) is 0 Å². The highest BCUT2D eigenvalue weighted by atomic mass is 19.4. The number of carbonyl (C=O) groups excluding carboxylic acids is 3. The number of aromatic nitrogens is 1. The number of halogens is 3. The molecule has 1 aromatic heterocycles. The van der Waals surface area contributed by atoms with Crippen molar-refractivity contribution in [1.82, 2.24) is 4.98 Å². The average molecular weight is 542 g/mol. The van der Waals surface area contributed by atoms with E-state index in [1.165, 1.54) is 0 Å². The van der Waals surface area contributed by atoms with Gasteiger partial charge in [0.2, 0.25) is 5.91 Å². The molecule has 3 rings (SSSR count). The van der Waals surface area contributed by atoms with Gasteiger partial charge in [-0.05, 0) is 74.2 Å². The predicted octanol–water partition coefficient (Wildman–Crippen LogP) is 7.45. The summed E-state index contributed by atoms with van der Waals surface area (Å²) in [6.07, 6.45) is -4.55. The molecule has 2 aromatic carbocycles. The zero-order valence-corrected chi connectivity index (χ0v) is 22.3. The van der Waals surface area contributed by atoms with E-state index in [1.807, 2.05) is 32.0 Å². The van der Waals surface area contributed by atoms with Crippen LogP contribution in [0.15, 0.2) is 60.8 Å². The number of anilines is 2. The third kappa shape index (κ3) is 8.39. The predicted molar refractivity (Wildman–Crippen MR) is 143 cm³/mol. The first-order valence-electron chi connectivity index (χ1n) is 12.2. The number of nitrogens with one attached hydrogen (secondary N) is 2. The number of amides is 2. The Balaban J connectivity index is 1.80. The van der Waals surface area contributed by atoms with Gasteiger partial charge in [0.25, 0.3) is 0 Å². The summed E-state index contributed by atoms with van der Waals surface area (Å²) in [7, 11) is 0. The van der Waals surface area contributed by atoms with Gasteiger partial charge in [-0.2, -0.15) is 13.2 Å². The Kier molecular flexibility index (Phi) is 8.78. The van der Waals surface area contributed by atoms with Gasteiger partial charge < -0.3 is 10.1 Å². The van der Waals surface area contributed by atoms with Crippen LogP contribution in [0.1, 0.15) is 68.6 Å². The number of ether oxygens (including phenoxy) is 1. The van der Waals surface area contributed by atoms with E-state index >= 15 is 0 Å². The van der Waals surface area contributed by atoms with Gasteiger partial charge in [-0.25, -0.2) is 4.79 Å². The van der Waals surface area contributed by atoms with Crippen LogP contribution in [-0.4, -0.2) is 28.4 Å². The van der Waals surface area contributed by atoms with Crippen LogP contribution in [0.5, 0.6) is 0 Å². The van der Waals surface area contributed by atoms with Crippen molar-refractivity contribution >= 4 is 29.2 Å². The molecule has 0 unspecified atom stereocenters. The summed E-state index contributed by atoms with van der Waals surface area (Å²) in [5.41, 5.74) is 0.445. The van der Waals surface area contributed by atoms with Crippen molar-refractivity contribution < 1.29 is 32.3 Å². The molecule has 2 N–H and O–H groups in total. The molecule has 0 fully saturated rings. The lowest BCUT2D eigenvalue weighted by Gasteiger charge is -2.21. The van der Waals surface area contributed by atoms with E-state index in [0.29, 0.717) is 6.07 Å². The summed E-state index contributed by atoms with van der Waals surface area (Å²) >= 11 is 0. The highest BCUT2D eigenvalue weighted by Gasteiger charge is 2.31. The molecule has 206 valence electrons. The molecule has 0 spiro atoms. The van der Waals surface area contributed by atoms with Crippen molar-refractivity contribution in [3.8, 4) is 11.1 Å². The molecule has 0 atom stereocenters. The second kappa shape index (κ2) is 11.7. The van der Waals surface area contributed by atoms with Gasteiger partial charge in [0.05, 0.1) is 23.4 Å². The van der Waals surface area contributed by atoms with Crippen molar-refractivity contribution in [1.29, 1.82) is 0 Å². The Labute approximate surface area is 224 Å². The molecule has 7 nitrogen and oxygen atoms in total. The van der Waals surface area contributed by atoms with E-state index in [9.17, 15) is 27.6 Å². The average Bonchev–Trinajstić information content (AvgIpc) is 2.83. The minimum absolute atomic E-state index is 0.112. The molecule has 0 bridgehead atoms. The first kappa shape index (κ1) is 29.3. The maximum atomic E-state index is 13.3. The minimum atomic E-state index is -4.69. The molecule has 3 aromatic rings. The van der Waals surface area contributed by atoms with Crippen molar-refractivity contribution in [2.24, 2.45) is 0 Å². The number of hydrogen-bond donors (Lipinski definition) is 2. The van der Waals surface area contributed by atoms with Crippen molar-refractivity contribution in [3.05, 3.63) is 77.6 Å². The number of Topliss-reactive ketones (excluding diaryl/α,β-unsaturated/α-hetero) is 1. The summed E-state index contributed by atoms with van der Waals surface area (Å²) < 4.78 is 45.1. The van der Waals surface area contributed by atoms with Crippen LogP contribution in [0.25, 0.3) is 11.1 Å². The molecule has 0 aliphatic heterocycles. The Bertz CT molecular complexity index is 1380. The minimum Gasteiger partial charge on any atom is -0.444 e. The zero-order valence-electron chi connectivity index (χ0n) is 22.3. The third-order valence-electron chi connectivity index (χ3n) is 5.47. The molecule has 0 aliphatic carbocycles. The maximum absolute atomic E-state index is 13.3. The number of carbonyl (C=O) groups is 3. The van der Waals surface area contributed by atoms with E-state index in [4.69, 9.17) is 4.74 Å². The SMILES string of the molecule is CC(C)c1cc(-c2cccc(C(=O)CC(=O)Nc3cc(C(F)(F)F)ccc3NC(=O)OC(C)(C)C)c2)ccn1. The van der Waals surface area contributed by atoms with E-state index in [2.05, 4.69) is 15.6 Å². The number of benzene rings is 2. The van der Waals surface area contributed by atoms with Gasteiger partial charge >= 0.3 is 12.3 Å². The lowest BCUT2D eigenvalue weighted by molar-refractivity contribution is -0.137. The monoisotopic (exact) mass is 541 g/mol. The summed E-state index contributed by atoms with van der Waals surface area (Å²) in [6, 6.07) is 12.9. The standard InChI is InChI=1S/C29H30F3N3O4/c1-17(2)23-14-19(11-12-33-23)18-7-6-8-20(13-18)25(36)16-26(37)34-24-15-21(29(30,31)32)9-10-22(24)35-27(38)39-28(3,4)5/h6-15,17H,16H2,1-5H3,(H,34,37)(H,35,38). The third-order valence-corrected chi connectivity index (χ3v) is 5.47. The Morgan fingerprint density at radius 3 is 2.23 bits per heavy atom. The number of hydrogen-bond acceptors (Lipinski definition) is 5. The largest absolute Gasteiger partial charge is 0.444 e. The van der Waals surface area contributed by atoms with Gasteiger partial charge in [0, 0.05) is 17.5 Å². The number of rotatable bonds is 7. The van der Waals surface area contributed by atoms with Crippen LogP contribution in [0.4, 0.5) is 29.3 Å². The van der Waals surface area contributed by atoms with Crippen LogP contribution in [-0.2, 0) is 15.7 Å². The van der Waals surface area contributed by atoms with E-state index in [-0.39, 0.29) is 22.9 Å². The fourth-order valence-corrected chi connectivity index (χ4v) is 3.60. The van der Waals surface area contributed by atoms with Crippen LogP contribution in [0.2, 0.25) is 0 Å². The molecule has 0 saturated heterocycles. The maximum Gasteiger partial charge on any atom is 0.416 e. The smallest absolute Gasteiger partial charge is 0.416 e. The Hall–Kier alpha value is -4.21. The number of ketones is 1. The summed E-state index contributed by atoms with van der Waals surface area (Å²) in [5.74, 6) is -1.16. The fraction of sp³-hybridized carbons (Fsp3) is 0.310. The first-order chi connectivity index (χ1) is 18.1. The van der Waals surface area contributed by atoms with Gasteiger partial charge in [0.15, 0.2) is 5.78 Å². The molecular weight excluding hydrogens is 511 g/mol. The van der Waals surface area contributed by atoms with Crippen LogP contribution >= 0.6 is 0 Å². The molecule has 1 heterocycles. The number of nitrogens with zero attached hydrogens (tertiary/aromatic N) is 1. The fourth-order valence-electron chi connectivity index (χ4n) is 3.60. The van der Waals surface area contributed by atoms with Crippen LogP contribution < -0.4 is 10.6 Å². The van der Waals surface area contributed by atoms with E-state index in [1.54, 1.807) is 45.2 Å². The number of pyridine rings is 1. The van der Waals surface area contributed by atoms with Gasteiger partial charge in [-0.1, -0.05) is 32.0 Å². The normalized spacial score (nSPS) is 11.7. The quantitative estimate of drug-likeness (QED) is 0.239. The summed E-state index contributed by atoms with van der Waals surface area (Å²) in [6.45, 7) is 8.91. The van der Waals surface area contributed by atoms with Crippen LogP contribution in [0.3, 0.4) is 0 Å². The molecule has 0 saturated carbocycles. The van der Waals surface area contributed by atoms with Crippen molar-refractivity contribution in [2.75, 3.05) is 10.6 Å². The second-order valence-electron chi connectivity index (χ2n) is 10.2. The lowest BCUT2D eigenvalue weighted by Crippen LogP contribution is -2.28. The Morgan fingerprint density at radius 1 is 0.897 bits per heavy atom. The van der Waals surface area contributed by atoms with E-state index in [0.717, 1.165) is 29.0 Å². The Morgan fingerprint density at radius 2 is 1.59 bits per heavy atom. The molecule has 2 amide bonds. The van der Waals surface area contributed by atoms with E-state index < -0.39 is 41.5 Å². The zero-order chi connectivity index (χ0) is 29.0. The highest BCUT2D eigenvalue weighted by molar-refractivity contribution is 6.12. The molecule has 0 radical (unpaired) electrons. The van der Waals surface area contributed by atoms with Crippen molar-refractivity contribution in [2.45, 2.75) is 58.7 Å². The first-order valence-corrected chi connectivity index (χ1v) is 12.2. The lowest BCUT2D eigenvalue weighted by atomic mass is 9.98. The van der Waals surface area contributed by atoms with Crippen molar-refractivity contribution in [3.63, 3.8) is 0 Å². The summed E-state index contributed by atoms with van der Waals surface area (Å²) in [4.78, 5) is 42.2. The molecule has 10 heteroatoms. The highest BCUT2D eigenvalue weighted by Crippen LogP contribution is 2.34. The van der Waals surface area contributed by atoms with Gasteiger partial charge in [0.1, 0.15) is 5.60 Å². The summed E-state index contributed by atoms with van der Waals surface area (Å²) in [5, 5.41) is 4.66. The number of alkyl halides is 3. The topological polar surface area (TPSA) is 97.4 Å². The molecule has 39 heavy (non-hydrogen) atoms. The molecule has 0 aliphatic rings.